The molecule has 1 heterocycles. The molecule has 0 N–H and O–H groups in total. The molecular weight excluding hydrogens is 164 g/mol. The van der Waals surface area contributed by atoms with Crippen LogP contribution in [0.4, 0.5) is 0 Å². The lowest BCUT2D eigenvalue weighted by molar-refractivity contribution is -0.0753. The van der Waals surface area contributed by atoms with E-state index in [1.807, 2.05) is 0 Å². The number of ether oxygens (including phenoxy) is 2. The fourth-order valence-corrected chi connectivity index (χ4v) is 1.76. The third kappa shape index (κ3) is 3.65. The van der Waals surface area contributed by atoms with Gasteiger partial charge in [-0.2, -0.15) is 0 Å². The second-order valence-corrected chi connectivity index (χ2v) is 3.79. The molecule has 0 saturated carbocycles. The number of hydrogen-bond donors (Lipinski definition) is 0. The molecule has 0 spiro atoms. The zero-order valence-corrected chi connectivity index (χ0v) is 8.92. The van der Waals surface area contributed by atoms with Crippen LogP contribution in [0.1, 0.15) is 39.5 Å². The molecule has 0 aromatic carbocycles. The van der Waals surface area contributed by atoms with Crippen molar-refractivity contribution < 1.29 is 9.47 Å². The maximum Gasteiger partial charge on any atom is 0.0647 e. The van der Waals surface area contributed by atoms with Crippen molar-refractivity contribution in [3.63, 3.8) is 0 Å². The molecule has 2 unspecified atom stereocenters. The summed E-state index contributed by atoms with van der Waals surface area (Å²) in [7, 11) is 0. The van der Waals surface area contributed by atoms with E-state index in [0.717, 1.165) is 26.2 Å². The minimum atomic E-state index is 0.463. The Balaban J connectivity index is 2.19. The SMILES string of the molecule is CCCCOC1CCOCC1CC. The molecule has 0 aromatic heterocycles. The molecule has 78 valence electrons. The summed E-state index contributed by atoms with van der Waals surface area (Å²) in [5.41, 5.74) is 0. The van der Waals surface area contributed by atoms with Crippen molar-refractivity contribution >= 4 is 0 Å². The Labute approximate surface area is 81.6 Å². The molecule has 0 radical (unpaired) electrons. The molecule has 0 bridgehead atoms. The van der Waals surface area contributed by atoms with Gasteiger partial charge in [0.05, 0.1) is 12.7 Å². The molecule has 2 heteroatoms. The van der Waals surface area contributed by atoms with Crippen molar-refractivity contribution in [2.75, 3.05) is 19.8 Å². The van der Waals surface area contributed by atoms with Crippen LogP contribution in [0, 0.1) is 5.92 Å². The Hall–Kier alpha value is -0.0800. The average Bonchev–Trinajstić information content (AvgIpc) is 2.19. The summed E-state index contributed by atoms with van der Waals surface area (Å²) in [6.45, 7) is 7.12. The molecule has 0 aromatic rings. The van der Waals surface area contributed by atoms with Crippen molar-refractivity contribution in [2.45, 2.75) is 45.6 Å². The Bertz CT molecular complexity index is 125. The average molecular weight is 186 g/mol. The van der Waals surface area contributed by atoms with Gasteiger partial charge in [0.1, 0.15) is 0 Å². The summed E-state index contributed by atoms with van der Waals surface area (Å²) in [5, 5.41) is 0. The maximum atomic E-state index is 5.85. The Kier molecular flexibility index (Phi) is 5.40. The summed E-state index contributed by atoms with van der Waals surface area (Å²) >= 11 is 0. The highest BCUT2D eigenvalue weighted by Crippen LogP contribution is 2.21. The molecule has 2 nitrogen and oxygen atoms in total. The van der Waals surface area contributed by atoms with Crippen molar-refractivity contribution in [1.82, 2.24) is 0 Å². The highest BCUT2D eigenvalue weighted by Gasteiger charge is 2.24. The van der Waals surface area contributed by atoms with Crippen molar-refractivity contribution in [1.29, 1.82) is 0 Å². The lowest BCUT2D eigenvalue weighted by Crippen LogP contribution is -2.33. The van der Waals surface area contributed by atoms with E-state index in [2.05, 4.69) is 13.8 Å². The standard InChI is InChI=1S/C11H22O2/c1-3-5-7-13-11-6-8-12-9-10(11)4-2/h10-11H,3-9H2,1-2H3. The fourth-order valence-electron chi connectivity index (χ4n) is 1.76. The van der Waals surface area contributed by atoms with Gasteiger partial charge in [0, 0.05) is 19.1 Å². The lowest BCUT2D eigenvalue weighted by Gasteiger charge is -2.30. The zero-order chi connectivity index (χ0) is 9.52. The monoisotopic (exact) mass is 186 g/mol. The molecule has 0 aliphatic carbocycles. The van der Waals surface area contributed by atoms with Gasteiger partial charge in [-0.25, -0.2) is 0 Å². The van der Waals surface area contributed by atoms with Crippen LogP contribution in [0.25, 0.3) is 0 Å². The smallest absolute Gasteiger partial charge is 0.0647 e. The zero-order valence-electron chi connectivity index (χ0n) is 8.92. The van der Waals surface area contributed by atoms with E-state index in [0.29, 0.717) is 12.0 Å². The predicted octanol–water partition coefficient (Wildman–Crippen LogP) is 2.62. The van der Waals surface area contributed by atoms with Gasteiger partial charge in [0.25, 0.3) is 0 Å². The van der Waals surface area contributed by atoms with Crippen LogP contribution < -0.4 is 0 Å². The van der Waals surface area contributed by atoms with Gasteiger partial charge < -0.3 is 9.47 Å². The summed E-state index contributed by atoms with van der Waals surface area (Å²) in [4.78, 5) is 0. The van der Waals surface area contributed by atoms with E-state index in [1.165, 1.54) is 19.3 Å². The van der Waals surface area contributed by atoms with Gasteiger partial charge in [-0.3, -0.25) is 0 Å². The molecule has 1 aliphatic rings. The first kappa shape index (κ1) is 11.0. The highest BCUT2D eigenvalue weighted by atomic mass is 16.5. The van der Waals surface area contributed by atoms with Crippen LogP contribution in [0.5, 0.6) is 0 Å². The van der Waals surface area contributed by atoms with E-state index in [-0.39, 0.29) is 0 Å². The first-order valence-corrected chi connectivity index (χ1v) is 5.57. The first-order valence-electron chi connectivity index (χ1n) is 5.57. The summed E-state index contributed by atoms with van der Waals surface area (Å²) in [5.74, 6) is 0.630. The topological polar surface area (TPSA) is 18.5 Å². The molecule has 1 fully saturated rings. The van der Waals surface area contributed by atoms with Gasteiger partial charge in [0.15, 0.2) is 0 Å². The van der Waals surface area contributed by atoms with Crippen LogP contribution in [-0.2, 0) is 9.47 Å². The number of hydrogen-bond acceptors (Lipinski definition) is 2. The van der Waals surface area contributed by atoms with Gasteiger partial charge in [-0.05, 0) is 19.3 Å². The van der Waals surface area contributed by atoms with Crippen LogP contribution >= 0.6 is 0 Å². The van der Waals surface area contributed by atoms with Crippen molar-refractivity contribution in [3.8, 4) is 0 Å². The van der Waals surface area contributed by atoms with Gasteiger partial charge in [-0.15, -0.1) is 0 Å². The van der Waals surface area contributed by atoms with E-state index >= 15 is 0 Å². The summed E-state index contributed by atoms with van der Waals surface area (Å²) in [6, 6.07) is 0. The normalized spacial score (nSPS) is 29.1. The molecule has 1 aliphatic heterocycles. The second-order valence-electron chi connectivity index (χ2n) is 3.79. The van der Waals surface area contributed by atoms with Crippen LogP contribution in [-0.4, -0.2) is 25.9 Å². The molecule has 0 amide bonds. The quantitative estimate of drug-likeness (QED) is 0.614. The van der Waals surface area contributed by atoms with Crippen molar-refractivity contribution in [2.24, 2.45) is 5.92 Å². The van der Waals surface area contributed by atoms with Crippen molar-refractivity contribution in [3.05, 3.63) is 0 Å². The van der Waals surface area contributed by atoms with E-state index in [4.69, 9.17) is 9.47 Å². The first-order chi connectivity index (χ1) is 6.38. The van der Waals surface area contributed by atoms with Gasteiger partial charge in [0.2, 0.25) is 0 Å². The van der Waals surface area contributed by atoms with Crippen LogP contribution in [0.2, 0.25) is 0 Å². The summed E-state index contributed by atoms with van der Waals surface area (Å²) < 4.78 is 11.3. The minimum Gasteiger partial charge on any atom is -0.381 e. The molecular formula is C11H22O2. The van der Waals surface area contributed by atoms with E-state index < -0.39 is 0 Å². The molecule has 13 heavy (non-hydrogen) atoms. The molecule has 1 saturated heterocycles. The molecule has 1 rings (SSSR count). The maximum absolute atomic E-state index is 5.85. The fraction of sp³-hybridized carbons (Fsp3) is 1.00. The molecule has 2 atom stereocenters. The third-order valence-electron chi connectivity index (χ3n) is 2.76. The number of rotatable bonds is 5. The van der Waals surface area contributed by atoms with Crippen LogP contribution in [0.3, 0.4) is 0 Å². The van der Waals surface area contributed by atoms with Crippen LogP contribution in [0.15, 0.2) is 0 Å². The van der Waals surface area contributed by atoms with Gasteiger partial charge in [-0.1, -0.05) is 20.3 Å². The lowest BCUT2D eigenvalue weighted by atomic mass is 9.96. The highest BCUT2D eigenvalue weighted by molar-refractivity contribution is 4.72. The second kappa shape index (κ2) is 6.39. The van der Waals surface area contributed by atoms with Gasteiger partial charge >= 0.3 is 0 Å². The Morgan fingerprint density at radius 2 is 2.23 bits per heavy atom. The summed E-state index contributed by atoms with van der Waals surface area (Å²) in [6.07, 6.45) is 5.14. The predicted molar refractivity (Wildman–Crippen MR) is 53.9 cm³/mol. The Morgan fingerprint density at radius 1 is 1.38 bits per heavy atom. The third-order valence-corrected chi connectivity index (χ3v) is 2.76. The largest absolute Gasteiger partial charge is 0.381 e. The van der Waals surface area contributed by atoms with E-state index in [9.17, 15) is 0 Å². The Morgan fingerprint density at radius 3 is 2.92 bits per heavy atom. The number of unbranched alkanes of at least 4 members (excludes halogenated alkanes) is 1. The minimum absolute atomic E-state index is 0.463. The van der Waals surface area contributed by atoms with E-state index in [1.54, 1.807) is 0 Å².